The molecule has 0 aliphatic heterocycles. The van der Waals surface area contributed by atoms with Crippen LogP contribution >= 0.6 is 0 Å². The summed E-state index contributed by atoms with van der Waals surface area (Å²) in [5, 5.41) is 10.4. The van der Waals surface area contributed by atoms with Gasteiger partial charge in [0.15, 0.2) is 0 Å². The van der Waals surface area contributed by atoms with E-state index in [-0.39, 0.29) is 0 Å². The van der Waals surface area contributed by atoms with E-state index in [1.807, 2.05) is 7.05 Å². The number of hydrogen-bond acceptors (Lipinski definition) is 2. The molecule has 0 aromatic carbocycles. The minimum absolute atomic E-state index is 0.498. The van der Waals surface area contributed by atoms with Gasteiger partial charge in [-0.15, -0.1) is 0 Å². The van der Waals surface area contributed by atoms with E-state index in [0.717, 1.165) is 6.54 Å². The Hall–Kier alpha value is -0.830. The van der Waals surface area contributed by atoms with Gasteiger partial charge in [-0.1, -0.05) is 13.8 Å². The van der Waals surface area contributed by atoms with Crippen molar-refractivity contribution >= 4 is 0 Å². The number of aromatic amines is 1. The van der Waals surface area contributed by atoms with Crippen LogP contribution in [0, 0.1) is 6.92 Å². The van der Waals surface area contributed by atoms with E-state index in [2.05, 4.69) is 36.3 Å². The molecule has 0 amide bonds. The van der Waals surface area contributed by atoms with Gasteiger partial charge in [-0.2, -0.15) is 5.10 Å². The lowest BCUT2D eigenvalue weighted by atomic mass is 10.0. The van der Waals surface area contributed by atoms with Crippen LogP contribution in [0.1, 0.15) is 36.7 Å². The van der Waals surface area contributed by atoms with Gasteiger partial charge >= 0.3 is 0 Å². The smallest absolute Gasteiger partial charge is 0.0695 e. The maximum atomic E-state index is 4.27. The van der Waals surface area contributed by atoms with Crippen molar-refractivity contribution in [2.45, 2.75) is 33.2 Å². The van der Waals surface area contributed by atoms with Gasteiger partial charge in [-0.3, -0.25) is 5.10 Å². The maximum Gasteiger partial charge on any atom is 0.0695 e. The highest BCUT2D eigenvalue weighted by Gasteiger charge is 2.11. The summed E-state index contributed by atoms with van der Waals surface area (Å²) in [6.07, 6.45) is 0. The molecule has 2 N–H and O–H groups in total. The fourth-order valence-corrected chi connectivity index (χ4v) is 1.35. The number of aryl methyl sites for hydroxylation is 1. The molecule has 3 nitrogen and oxygen atoms in total. The zero-order valence-corrected chi connectivity index (χ0v) is 8.23. The fourth-order valence-electron chi connectivity index (χ4n) is 1.35. The Morgan fingerprint density at radius 2 is 2.17 bits per heavy atom. The third-order valence-electron chi connectivity index (χ3n) is 2.01. The Bertz CT molecular complexity index is 250. The molecule has 1 heterocycles. The first-order valence-corrected chi connectivity index (χ1v) is 4.35. The summed E-state index contributed by atoms with van der Waals surface area (Å²) >= 11 is 0. The number of nitrogens with one attached hydrogen (secondary N) is 2. The molecule has 1 rings (SSSR count). The Kier molecular flexibility index (Phi) is 2.87. The van der Waals surface area contributed by atoms with Crippen molar-refractivity contribution in [3.8, 4) is 0 Å². The highest BCUT2D eigenvalue weighted by molar-refractivity contribution is 5.26. The van der Waals surface area contributed by atoms with Gasteiger partial charge in [0.25, 0.3) is 0 Å². The Morgan fingerprint density at radius 3 is 2.67 bits per heavy atom. The van der Waals surface area contributed by atoms with E-state index in [1.165, 1.54) is 17.0 Å². The van der Waals surface area contributed by atoms with Crippen molar-refractivity contribution in [3.05, 3.63) is 17.0 Å². The fraction of sp³-hybridized carbons (Fsp3) is 0.667. The van der Waals surface area contributed by atoms with Gasteiger partial charge in [0.1, 0.15) is 0 Å². The lowest BCUT2D eigenvalue weighted by molar-refractivity contribution is 0.758. The van der Waals surface area contributed by atoms with E-state index in [0.29, 0.717) is 5.92 Å². The van der Waals surface area contributed by atoms with Crippen LogP contribution in [-0.4, -0.2) is 17.2 Å². The predicted molar refractivity (Wildman–Crippen MR) is 50.2 cm³/mol. The topological polar surface area (TPSA) is 40.7 Å². The van der Waals surface area contributed by atoms with Crippen molar-refractivity contribution in [1.29, 1.82) is 0 Å². The Labute approximate surface area is 73.6 Å². The van der Waals surface area contributed by atoms with Gasteiger partial charge in [0, 0.05) is 17.8 Å². The minimum Gasteiger partial charge on any atom is -0.316 e. The number of rotatable bonds is 3. The standard InChI is InChI=1S/C9H17N3/c1-6(2)9-8(5-10-4)7(3)11-12-9/h6,10H,5H2,1-4H3,(H,11,12). The number of aromatic nitrogens is 2. The van der Waals surface area contributed by atoms with Crippen LogP contribution in [0.2, 0.25) is 0 Å². The van der Waals surface area contributed by atoms with Gasteiger partial charge < -0.3 is 5.32 Å². The molecule has 0 aliphatic carbocycles. The largest absolute Gasteiger partial charge is 0.316 e. The first-order chi connectivity index (χ1) is 5.66. The Morgan fingerprint density at radius 1 is 1.50 bits per heavy atom. The summed E-state index contributed by atoms with van der Waals surface area (Å²) in [6, 6.07) is 0. The Balaban J connectivity index is 2.95. The summed E-state index contributed by atoms with van der Waals surface area (Å²) in [6.45, 7) is 7.28. The molecular weight excluding hydrogens is 150 g/mol. The maximum absolute atomic E-state index is 4.27. The SMILES string of the molecule is CNCc1c(C(C)C)n[nH]c1C. The average molecular weight is 167 g/mol. The highest BCUT2D eigenvalue weighted by Crippen LogP contribution is 2.18. The van der Waals surface area contributed by atoms with Crippen molar-refractivity contribution < 1.29 is 0 Å². The van der Waals surface area contributed by atoms with Crippen molar-refractivity contribution in [2.75, 3.05) is 7.05 Å². The highest BCUT2D eigenvalue weighted by atomic mass is 15.1. The van der Waals surface area contributed by atoms with E-state index < -0.39 is 0 Å². The molecule has 0 aliphatic rings. The summed E-state index contributed by atoms with van der Waals surface area (Å²) in [5.41, 5.74) is 3.67. The molecule has 1 aromatic heterocycles. The molecule has 1 aromatic rings. The lowest BCUT2D eigenvalue weighted by Crippen LogP contribution is -2.08. The zero-order valence-electron chi connectivity index (χ0n) is 8.23. The lowest BCUT2D eigenvalue weighted by Gasteiger charge is -2.04. The van der Waals surface area contributed by atoms with E-state index in [9.17, 15) is 0 Å². The molecule has 0 fully saturated rings. The molecule has 12 heavy (non-hydrogen) atoms. The summed E-state index contributed by atoms with van der Waals surface area (Å²) < 4.78 is 0. The van der Waals surface area contributed by atoms with Crippen LogP contribution in [0.3, 0.4) is 0 Å². The van der Waals surface area contributed by atoms with E-state index in [1.54, 1.807) is 0 Å². The van der Waals surface area contributed by atoms with Crippen molar-refractivity contribution in [2.24, 2.45) is 0 Å². The molecule has 0 unspecified atom stereocenters. The van der Waals surface area contributed by atoms with Crippen LogP contribution in [0.5, 0.6) is 0 Å². The first-order valence-electron chi connectivity index (χ1n) is 4.35. The van der Waals surface area contributed by atoms with Gasteiger partial charge in [-0.25, -0.2) is 0 Å². The molecular formula is C9H17N3. The molecule has 0 saturated carbocycles. The summed E-state index contributed by atoms with van der Waals surface area (Å²) in [7, 11) is 1.95. The second-order valence-electron chi connectivity index (χ2n) is 3.40. The third kappa shape index (κ3) is 1.67. The molecule has 0 radical (unpaired) electrons. The van der Waals surface area contributed by atoms with Crippen LogP contribution in [0.25, 0.3) is 0 Å². The molecule has 0 atom stereocenters. The normalized spacial score (nSPS) is 11.1. The molecule has 68 valence electrons. The summed E-state index contributed by atoms with van der Waals surface area (Å²) in [4.78, 5) is 0. The van der Waals surface area contributed by atoms with Gasteiger partial charge in [0.05, 0.1) is 5.69 Å². The van der Waals surface area contributed by atoms with Crippen molar-refractivity contribution in [1.82, 2.24) is 15.5 Å². The number of H-pyrrole nitrogens is 1. The van der Waals surface area contributed by atoms with Crippen molar-refractivity contribution in [3.63, 3.8) is 0 Å². The quantitative estimate of drug-likeness (QED) is 0.717. The van der Waals surface area contributed by atoms with Crippen LogP contribution < -0.4 is 5.32 Å². The monoisotopic (exact) mass is 167 g/mol. The number of hydrogen-bond donors (Lipinski definition) is 2. The van der Waals surface area contributed by atoms with Crippen LogP contribution in [0.15, 0.2) is 0 Å². The molecule has 0 spiro atoms. The van der Waals surface area contributed by atoms with E-state index >= 15 is 0 Å². The minimum atomic E-state index is 0.498. The molecule has 0 bridgehead atoms. The van der Waals surface area contributed by atoms with Crippen LogP contribution in [0.4, 0.5) is 0 Å². The molecule has 0 saturated heterocycles. The number of nitrogens with zero attached hydrogens (tertiary/aromatic N) is 1. The first kappa shape index (κ1) is 9.26. The zero-order chi connectivity index (χ0) is 9.14. The van der Waals surface area contributed by atoms with Crippen LogP contribution in [-0.2, 0) is 6.54 Å². The van der Waals surface area contributed by atoms with E-state index in [4.69, 9.17) is 0 Å². The predicted octanol–water partition coefficient (Wildman–Crippen LogP) is 1.56. The average Bonchev–Trinajstić information content (AvgIpc) is 2.34. The molecule has 3 heteroatoms. The second-order valence-corrected chi connectivity index (χ2v) is 3.40. The van der Waals surface area contributed by atoms with Gasteiger partial charge in [-0.05, 0) is 19.9 Å². The third-order valence-corrected chi connectivity index (χ3v) is 2.01. The van der Waals surface area contributed by atoms with Gasteiger partial charge in [0.2, 0.25) is 0 Å². The second kappa shape index (κ2) is 3.72. The summed E-state index contributed by atoms with van der Waals surface area (Å²) in [5.74, 6) is 0.498.